The quantitative estimate of drug-likeness (QED) is 0.0476. The minimum absolute atomic E-state index is 0.0922. The maximum Gasteiger partial charge on any atom is 0.469 e. The van der Waals surface area contributed by atoms with Crippen molar-refractivity contribution in [2.24, 2.45) is 11.7 Å². The highest BCUT2D eigenvalue weighted by atomic mass is 31.2. The largest absolute Gasteiger partial charge is 0.469 e. The second-order valence-corrected chi connectivity index (χ2v) is 14.1. The van der Waals surface area contributed by atoms with Crippen molar-refractivity contribution in [3.8, 4) is 0 Å². The third kappa shape index (κ3) is 16.7. The van der Waals surface area contributed by atoms with E-state index in [1.807, 2.05) is 44.2 Å². The molecule has 1 aromatic carbocycles. The molecule has 0 spiro atoms. The number of aromatic nitrogens is 2. The number of nitrogens with zero attached hydrogens (tertiary/aromatic N) is 2. The van der Waals surface area contributed by atoms with E-state index < -0.39 is 74.2 Å². The van der Waals surface area contributed by atoms with E-state index in [9.17, 15) is 38.4 Å². The number of carbonyl (C=O) groups is 6. The molecule has 0 aliphatic carbocycles. The lowest BCUT2D eigenvalue weighted by molar-refractivity contribution is -0.137. The molecule has 0 fully saturated rings. The van der Waals surface area contributed by atoms with Gasteiger partial charge in [-0.25, -0.2) is 9.55 Å². The van der Waals surface area contributed by atoms with Crippen LogP contribution in [0.1, 0.15) is 58.2 Å². The summed E-state index contributed by atoms with van der Waals surface area (Å²) in [5.74, 6) is -5.07. The second kappa shape index (κ2) is 21.8. The van der Waals surface area contributed by atoms with Gasteiger partial charge in [0, 0.05) is 31.8 Å². The zero-order chi connectivity index (χ0) is 39.7. The Kier molecular flexibility index (Phi) is 18.3. The molecule has 0 bridgehead atoms. The first-order chi connectivity index (χ1) is 24.9. The highest BCUT2D eigenvalue weighted by Gasteiger charge is 2.35. The van der Waals surface area contributed by atoms with Crippen LogP contribution in [0.2, 0.25) is 0 Å². The zero-order valence-electron chi connectivity index (χ0n) is 30.2. The zero-order valence-corrected chi connectivity index (χ0v) is 31.1. The molecule has 1 aromatic heterocycles. The van der Waals surface area contributed by atoms with Gasteiger partial charge in [0.05, 0.1) is 25.6 Å². The first-order valence-electron chi connectivity index (χ1n) is 17.0. The molecule has 0 radical (unpaired) electrons. The normalized spacial score (nSPS) is 14.3. The molecule has 0 saturated carbocycles. The number of H-pyrrole nitrogens is 1. The predicted molar refractivity (Wildman–Crippen MR) is 190 cm³/mol. The van der Waals surface area contributed by atoms with Gasteiger partial charge in [-0.15, -0.1) is 0 Å². The average Bonchev–Trinajstić information content (AvgIpc) is 3.59. The summed E-state index contributed by atoms with van der Waals surface area (Å²) in [6, 6.07) is 3.85. The number of aromatic amines is 1. The van der Waals surface area contributed by atoms with Crippen molar-refractivity contribution in [1.82, 2.24) is 36.1 Å². The maximum absolute atomic E-state index is 13.7. The van der Waals surface area contributed by atoms with Crippen LogP contribution < -0.4 is 27.0 Å². The Hall–Kier alpha value is -4.68. The first-order valence-corrected chi connectivity index (χ1v) is 18.5. The number of rotatable bonds is 23. The maximum atomic E-state index is 13.7. The Morgan fingerprint density at radius 3 is 2.09 bits per heavy atom. The highest BCUT2D eigenvalue weighted by molar-refractivity contribution is 7.46. The van der Waals surface area contributed by atoms with Crippen molar-refractivity contribution in [2.45, 2.75) is 90.1 Å². The number of unbranched alkanes of at least 4 members (excludes halogenated alkanes) is 1. The number of nitrogens with two attached hydrogens (primary N) is 1. The molecule has 5 atom stereocenters. The summed E-state index contributed by atoms with van der Waals surface area (Å²) in [5, 5.41) is 19.6. The minimum Gasteiger partial charge on any atom is -0.394 e. The molecule has 53 heavy (non-hydrogen) atoms. The van der Waals surface area contributed by atoms with Crippen molar-refractivity contribution >= 4 is 43.3 Å². The lowest BCUT2D eigenvalue weighted by Crippen LogP contribution is -2.60. The number of hydrogen-bond acceptors (Lipinski definition) is 10. The van der Waals surface area contributed by atoms with Crippen LogP contribution in [0.15, 0.2) is 42.9 Å². The Bertz CT molecular complexity index is 1560. The van der Waals surface area contributed by atoms with Gasteiger partial charge in [-0.2, -0.15) is 0 Å². The van der Waals surface area contributed by atoms with Gasteiger partial charge in [-0.05, 0) is 44.1 Å². The number of phosphoric acid groups is 1. The van der Waals surface area contributed by atoms with E-state index in [0.717, 1.165) is 25.3 Å². The molecular formula is C33H51N8O11P. The van der Waals surface area contributed by atoms with Gasteiger partial charge in [-0.1, -0.05) is 44.2 Å². The van der Waals surface area contributed by atoms with Gasteiger partial charge in [0.25, 0.3) is 0 Å². The topological polar surface area (TPSA) is 295 Å². The lowest BCUT2D eigenvalue weighted by atomic mass is 10.0. The van der Waals surface area contributed by atoms with Crippen molar-refractivity contribution < 1.29 is 52.7 Å². The van der Waals surface area contributed by atoms with Crippen molar-refractivity contribution in [2.75, 3.05) is 19.7 Å². The van der Waals surface area contributed by atoms with Crippen LogP contribution in [-0.4, -0.2) is 115 Å². The summed E-state index contributed by atoms with van der Waals surface area (Å²) in [7, 11) is -5.09. The fourth-order valence-electron chi connectivity index (χ4n) is 5.26. The molecular weight excluding hydrogens is 715 g/mol. The highest BCUT2D eigenvalue weighted by Crippen LogP contribution is 2.38. The van der Waals surface area contributed by atoms with Gasteiger partial charge in [0.15, 0.2) is 0 Å². The van der Waals surface area contributed by atoms with E-state index in [4.69, 9.17) is 15.5 Å². The SMILES string of the molecule is CC(=O)N(CCCCc1ccccc1)CC(=O)NC(CC(C)C)C(=O)NC(Cc1cnc[nH]1)C(=O)NC(CO)C(=O)NC(C(N)=O)C(C)OP(=O)(O)O. The van der Waals surface area contributed by atoms with Crippen molar-refractivity contribution in [1.29, 1.82) is 0 Å². The van der Waals surface area contributed by atoms with Crippen LogP contribution in [-0.2, 0) is 50.7 Å². The van der Waals surface area contributed by atoms with Crippen LogP contribution in [0.4, 0.5) is 0 Å². The smallest absolute Gasteiger partial charge is 0.394 e. The molecule has 294 valence electrons. The molecule has 5 unspecified atom stereocenters. The van der Waals surface area contributed by atoms with E-state index in [1.54, 1.807) is 0 Å². The average molecular weight is 767 g/mol. The van der Waals surface area contributed by atoms with Crippen LogP contribution >= 0.6 is 7.82 Å². The number of nitrogens with one attached hydrogen (secondary N) is 5. The molecule has 0 aliphatic rings. The van der Waals surface area contributed by atoms with Gasteiger partial charge >= 0.3 is 7.82 Å². The summed E-state index contributed by atoms with van der Waals surface area (Å²) >= 11 is 0. The molecule has 0 saturated heterocycles. The van der Waals surface area contributed by atoms with E-state index in [0.29, 0.717) is 18.7 Å². The Morgan fingerprint density at radius 2 is 1.55 bits per heavy atom. The van der Waals surface area contributed by atoms with Crippen LogP contribution in [0.3, 0.4) is 0 Å². The summed E-state index contributed by atoms with van der Waals surface area (Å²) < 4.78 is 15.7. The molecule has 0 aliphatic heterocycles. The Morgan fingerprint density at radius 1 is 0.925 bits per heavy atom. The van der Waals surface area contributed by atoms with E-state index >= 15 is 0 Å². The predicted octanol–water partition coefficient (Wildman–Crippen LogP) is -1.22. The lowest BCUT2D eigenvalue weighted by Gasteiger charge is -2.27. The number of aliphatic hydroxyl groups excluding tert-OH is 1. The molecule has 19 nitrogen and oxygen atoms in total. The summed E-state index contributed by atoms with van der Waals surface area (Å²) in [6.07, 6.45) is 3.39. The molecule has 2 rings (SSSR count). The molecule has 1 heterocycles. The van der Waals surface area contributed by atoms with Gasteiger partial charge in [0.1, 0.15) is 24.2 Å². The second-order valence-electron chi connectivity index (χ2n) is 12.9. The third-order valence-corrected chi connectivity index (χ3v) is 8.54. The number of primary amides is 1. The van der Waals surface area contributed by atoms with Crippen molar-refractivity contribution in [3.63, 3.8) is 0 Å². The monoisotopic (exact) mass is 766 g/mol. The number of amides is 6. The van der Waals surface area contributed by atoms with E-state index in [1.165, 1.54) is 24.3 Å². The van der Waals surface area contributed by atoms with Crippen LogP contribution in [0.25, 0.3) is 0 Å². The molecule has 2 aromatic rings. The number of hydrogen-bond donors (Lipinski definition) is 9. The molecule has 6 amide bonds. The number of phosphoric ester groups is 1. The molecule has 20 heteroatoms. The summed E-state index contributed by atoms with van der Waals surface area (Å²) in [5.41, 5.74) is 6.83. The van der Waals surface area contributed by atoms with E-state index in [-0.39, 0.29) is 31.2 Å². The number of aliphatic hydroxyl groups is 1. The fraction of sp³-hybridized carbons (Fsp3) is 0.545. The fourth-order valence-corrected chi connectivity index (χ4v) is 5.81. The minimum atomic E-state index is -5.09. The summed E-state index contributed by atoms with van der Waals surface area (Å²) in [4.78, 5) is 104. The third-order valence-electron chi connectivity index (χ3n) is 7.93. The molecule has 10 N–H and O–H groups in total. The number of imidazole rings is 1. The van der Waals surface area contributed by atoms with Crippen LogP contribution in [0, 0.1) is 5.92 Å². The Labute approximate surface area is 307 Å². The van der Waals surface area contributed by atoms with Gasteiger partial charge in [0.2, 0.25) is 35.4 Å². The van der Waals surface area contributed by atoms with Gasteiger partial charge < -0.3 is 51.8 Å². The van der Waals surface area contributed by atoms with Crippen LogP contribution in [0.5, 0.6) is 0 Å². The van der Waals surface area contributed by atoms with Crippen molar-refractivity contribution in [3.05, 3.63) is 54.1 Å². The first kappa shape index (κ1) is 44.5. The van der Waals surface area contributed by atoms with Gasteiger partial charge in [-0.3, -0.25) is 33.3 Å². The summed E-state index contributed by atoms with van der Waals surface area (Å²) in [6.45, 7) is 5.11. The Balaban J connectivity index is 2.15. The van der Waals surface area contributed by atoms with E-state index in [2.05, 4.69) is 35.8 Å². The standard InChI is InChI=1S/C33H51N8O11P/c1-20(2)14-25(37-28(44)17-41(22(4)43)13-9-8-12-23-10-6-5-7-11-23)31(46)38-26(15-24-16-35-19-36-24)32(47)39-27(18-42)33(48)40-29(30(34)45)21(3)52-53(49,50)51/h5-7,10-11,16,19-21,25-27,29,42H,8-9,12-15,17-18H2,1-4H3,(H2,34,45)(H,35,36)(H,37,44)(H,38,46)(H,39,47)(H,40,48)(H2,49,50,51). The number of benzene rings is 1. The number of carbonyl (C=O) groups excluding carboxylic acids is 6. The number of aryl methyl sites for hydroxylation is 1.